The molecule has 0 radical (unpaired) electrons. The number of aromatic nitrogens is 2. The monoisotopic (exact) mass is 317 g/mol. The maximum Gasteiger partial charge on any atom is 0.247 e. The number of hydrogen-bond donors (Lipinski definition) is 1. The van der Waals surface area contributed by atoms with E-state index < -0.39 is 0 Å². The van der Waals surface area contributed by atoms with Crippen LogP contribution in [0.2, 0.25) is 5.02 Å². The van der Waals surface area contributed by atoms with Gasteiger partial charge in [-0.15, -0.1) is 0 Å². The Balaban J connectivity index is 1.51. The Morgan fingerprint density at radius 2 is 2.09 bits per heavy atom. The number of rotatable bonds is 4. The minimum Gasteiger partial charge on any atom is -0.329 e. The van der Waals surface area contributed by atoms with Gasteiger partial charge in [0.15, 0.2) is 0 Å². The first kappa shape index (κ1) is 15.3. The van der Waals surface area contributed by atoms with Crippen LogP contribution in [-0.2, 0) is 13.0 Å². The van der Waals surface area contributed by atoms with Crippen LogP contribution in [-0.4, -0.2) is 28.0 Å². The second-order valence-corrected chi connectivity index (χ2v) is 6.36. The first-order valence-corrected chi connectivity index (χ1v) is 8.07. The molecule has 1 aliphatic rings. The highest BCUT2D eigenvalue weighted by atomic mass is 35.5. The third-order valence-corrected chi connectivity index (χ3v) is 4.67. The van der Waals surface area contributed by atoms with Crippen LogP contribution in [0.15, 0.2) is 41.6 Å². The standard InChI is InChI=1S/C17H20ClN3O/c18-16-11-19-6-3-15(16)12-21-7-4-13(5-8-21)9-14-1-2-17(22)20-10-14/h1-3,6,10-11,13H,4-5,7-9,12H2,(H,20,22). The van der Waals surface area contributed by atoms with Crippen molar-refractivity contribution in [1.82, 2.24) is 14.9 Å². The number of nitrogens with one attached hydrogen (secondary N) is 1. The molecule has 0 saturated carbocycles. The molecule has 0 aromatic carbocycles. The van der Waals surface area contributed by atoms with Crippen LogP contribution in [0, 0.1) is 5.92 Å². The fourth-order valence-corrected chi connectivity index (χ4v) is 3.20. The van der Waals surface area contributed by atoms with E-state index in [4.69, 9.17) is 11.6 Å². The Morgan fingerprint density at radius 1 is 1.27 bits per heavy atom. The molecule has 1 fully saturated rings. The van der Waals surface area contributed by atoms with Crippen molar-refractivity contribution in [2.75, 3.05) is 13.1 Å². The molecule has 3 rings (SSSR count). The number of likely N-dealkylation sites (tertiary alicyclic amines) is 1. The van der Waals surface area contributed by atoms with Crippen LogP contribution in [0.25, 0.3) is 0 Å². The maximum atomic E-state index is 11.1. The molecular weight excluding hydrogens is 298 g/mol. The molecule has 3 heterocycles. The van der Waals surface area contributed by atoms with Gasteiger partial charge >= 0.3 is 0 Å². The Labute approximate surface area is 135 Å². The van der Waals surface area contributed by atoms with Gasteiger partial charge in [0.1, 0.15) is 0 Å². The van der Waals surface area contributed by atoms with Gasteiger partial charge in [0.25, 0.3) is 0 Å². The fourth-order valence-electron chi connectivity index (χ4n) is 3.02. The SMILES string of the molecule is O=c1ccc(CC2CCN(Cc3ccncc3Cl)CC2)c[nH]1. The van der Waals surface area contributed by atoms with Gasteiger partial charge < -0.3 is 4.98 Å². The highest BCUT2D eigenvalue weighted by Crippen LogP contribution is 2.24. The van der Waals surface area contributed by atoms with Crippen molar-refractivity contribution >= 4 is 11.6 Å². The van der Waals surface area contributed by atoms with Crippen molar-refractivity contribution in [3.8, 4) is 0 Å². The normalized spacial score (nSPS) is 16.8. The largest absolute Gasteiger partial charge is 0.329 e. The fraction of sp³-hybridized carbons (Fsp3) is 0.412. The molecule has 0 atom stereocenters. The number of pyridine rings is 2. The van der Waals surface area contributed by atoms with Gasteiger partial charge in [0.2, 0.25) is 5.56 Å². The Bertz CT molecular complexity index is 657. The summed E-state index contributed by atoms with van der Waals surface area (Å²) in [5.41, 5.74) is 2.33. The highest BCUT2D eigenvalue weighted by Gasteiger charge is 2.20. The summed E-state index contributed by atoms with van der Waals surface area (Å²) in [6, 6.07) is 5.53. The van der Waals surface area contributed by atoms with Gasteiger partial charge in [-0.2, -0.15) is 0 Å². The summed E-state index contributed by atoms with van der Waals surface area (Å²) in [5.74, 6) is 0.690. The molecule has 0 unspecified atom stereocenters. The van der Waals surface area contributed by atoms with E-state index in [1.807, 2.05) is 18.3 Å². The number of halogens is 1. The molecule has 1 aliphatic heterocycles. The summed E-state index contributed by atoms with van der Waals surface area (Å²) in [4.78, 5) is 20.3. The quantitative estimate of drug-likeness (QED) is 0.943. The number of hydrogen-bond acceptors (Lipinski definition) is 3. The van der Waals surface area contributed by atoms with Gasteiger partial charge in [-0.1, -0.05) is 17.7 Å². The molecule has 0 aliphatic carbocycles. The van der Waals surface area contributed by atoms with Gasteiger partial charge in [-0.05, 0) is 55.5 Å². The van der Waals surface area contributed by atoms with Crippen LogP contribution in [0.3, 0.4) is 0 Å². The van der Waals surface area contributed by atoms with Crippen molar-refractivity contribution in [3.05, 3.63) is 63.3 Å². The second-order valence-electron chi connectivity index (χ2n) is 5.95. The lowest BCUT2D eigenvalue weighted by Crippen LogP contribution is -2.34. The molecule has 2 aromatic heterocycles. The third-order valence-electron chi connectivity index (χ3n) is 4.33. The summed E-state index contributed by atoms with van der Waals surface area (Å²) in [6.45, 7) is 3.08. The molecule has 4 nitrogen and oxygen atoms in total. The average molecular weight is 318 g/mol. The molecule has 0 bridgehead atoms. The summed E-state index contributed by atoms with van der Waals surface area (Å²) in [7, 11) is 0. The maximum absolute atomic E-state index is 11.1. The molecular formula is C17H20ClN3O. The minimum atomic E-state index is -0.0344. The topological polar surface area (TPSA) is 49.0 Å². The Morgan fingerprint density at radius 3 is 2.77 bits per heavy atom. The van der Waals surface area contributed by atoms with Gasteiger partial charge in [-0.25, -0.2) is 0 Å². The minimum absolute atomic E-state index is 0.0344. The lowest BCUT2D eigenvalue weighted by atomic mass is 9.90. The van der Waals surface area contributed by atoms with Crippen molar-refractivity contribution in [3.63, 3.8) is 0 Å². The van der Waals surface area contributed by atoms with E-state index in [2.05, 4.69) is 14.9 Å². The highest BCUT2D eigenvalue weighted by molar-refractivity contribution is 6.31. The van der Waals surface area contributed by atoms with E-state index in [1.54, 1.807) is 18.5 Å². The molecule has 116 valence electrons. The molecule has 2 aromatic rings. The first-order valence-electron chi connectivity index (χ1n) is 7.69. The summed E-state index contributed by atoms with van der Waals surface area (Å²) in [6.07, 6.45) is 8.75. The third kappa shape index (κ3) is 3.96. The molecule has 22 heavy (non-hydrogen) atoms. The van der Waals surface area contributed by atoms with E-state index in [1.165, 1.54) is 18.4 Å². The molecule has 1 saturated heterocycles. The lowest BCUT2D eigenvalue weighted by Gasteiger charge is -2.32. The van der Waals surface area contributed by atoms with Crippen LogP contribution >= 0.6 is 11.6 Å². The van der Waals surface area contributed by atoms with Gasteiger partial charge in [0, 0.05) is 31.2 Å². The second kappa shape index (κ2) is 7.07. The molecule has 0 spiro atoms. The Hall–Kier alpha value is -1.65. The van der Waals surface area contributed by atoms with E-state index in [9.17, 15) is 4.79 Å². The number of H-pyrrole nitrogens is 1. The molecule has 5 heteroatoms. The summed E-state index contributed by atoms with van der Waals surface area (Å²) >= 11 is 6.17. The van der Waals surface area contributed by atoms with Crippen molar-refractivity contribution in [2.24, 2.45) is 5.92 Å². The molecule has 1 N–H and O–H groups in total. The van der Waals surface area contributed by atoms with E-state index in [0.717, 1.165) is 36.6 Å². The average Bonchev–Trinajstić information content (AvgIpc) is 2.54. The zero-order chi connectivity index (χ0) is 15.4. The van der Waals surface area contributed by atoms with Crippen LogP contribution in [0.1, 0.15) is 24.0 Å². The van der Waals surface area contributed by atoms with Crippen LogP contribution in [0.5, 0.6) is 0 Å². The van der Waals surface area contributed by atoms with E-state index in [0.29, 0.717) is 5.92 Å². The summed E-state index contributed by atoms with van der Waals surface area (Å²) < 4.78 is 0. The lowest BCUT2D eigenvalue weighted by molar-refractivity contribution is 0.177. The molecule has 0 amide bonds. The van der Waals surface area contributed by atoms with Gasteiger partial charge in [0.05, 0.1) is 5.02 Å². The number of nitrogens with zero attached hydrogens (tertiary/aromatic N) is 2. The van der Waals surface area contributed by atoms with Crippen molar-refractivity contribution in [1.29, 1.82) is 0 Å². The first-order chi connectivity index (χ1) is 10.7. The number of piperidine rings is 1. The van der Waals surface area contributed by atoms with Gasteiger partial charge in [-0.3, -0.25) is 14.7 Å². The predicted molar refractivity (Wildman–Crippen MR) is 88.0 cm³/mol. The van der Waals surface area contributed by atoms with Crippen molar-refractivity contribution in [2.45, 2.75) is 25.8 Å². The predicted octanol–water partition coefficient (Wildman–Crippen LogP) is 2.88. The van der Waals surface area contributed by atoms with E-state index in [-0.39, 0.29) is 5.56 Å². The Kier molecular flexibility index (Phi) is 4.90. The zero-order valence-corrected chi connectivity index (χ0v) is 13.2. The smallest absolute Gasteiger partial charge is 0.247 e. The van der Waals surface area contributed by atoms with E-state index >= 15 is 0 Å². The van der Waals surface area contributed by atoms with Crippen LogP contribution in [0.4, 0.5) is 0 Å². The van der Waals surface area contributed by atoms with Crippen molar-refractivity contribution < 1.29 is 0 Å². The zero-order valence-electron chi connectivity index (χ0n) is 12.5. The number of aromatic amines is 1. The van der Waals surface area contributed by atoms with Crippen LogP contribution < -0.4 is 5.56 Å². The summed E-state index contributed by atoms with van der Waals surface area (Å²) in [5, 5.41) is 0.748.